The Labute approximate surface area is 150 Å². The molecule has 0 bridgehead atoms. The molecule has 1 heterocycles. The number of carbonyl (C=O) groups excluding carboxylic acids is 1. The zero-order chi connectivity index (χ0) is 18.8. The molecule has 0 radical (unpaired) electrons. The van der Waals surface area contributed by atoms with Gasteiger partial charge < -0.3 is 4.90 Å². The smallest absolute Gasteiger partial charge is 0.257 e. The predicted octanol–water partition coefficient (Wildman–Crippen LogP) is 4.29. The standard InChI is InChI=1S/C20H19F2N3O/c1-13(17-11-15(21)9-10-19(17)22)24(3)20(26)18-12-23-25(14(18)2)16-7-5-4-6-8-16/h4-13H,1-3H3. The van der Waals surface area contributed by atoms with Crippen molar-refractivity contribution in [2.45, 2.75) is 19.9 Å². The quantitative estimate of drug-likeness (QED) is 0.700. The molecule has 0 aliphatic carbocycles. The van der Waals surface area contributed by atoms with Gasteiger partial charge in [0.25, 0.3) is 5.91 Å². The number of rotatable bonds is 4. The van der Waals surface area contributed by atoms with E-state index >= 15 is 0 Å². The first-order valence-corrected chi connectivity index (χ1v) is 8.22. The molecule has 2 aromatic carbocycles. The fraction of sp³-hybridized carbons (Fsp3) is 0.200. The third-order valence-electron chi connectivity index (χ3n) is 4.55. The highest BCUT2D eigenvalue weighted by Gasteiger charge is 2.25. The molecule has 6 heteroatoms. The Kier molecular flexibility index (Phi) is 4.84. The first kappa shape index (κ1) is 17.8. The highest BCUT2D eigenvalue weighted by Crippen LogP contribution is 2.25. The lowest BCUT2D eigenvalue weighted by molar-refractivity contribution is 0.0739. The Morgan fingerprint density at radius 1 is 1.15 bits per heavy atom. The van der Waals surface area contributed by atoms with Crippen LogP contribution >= 0.6 is 0 Å². The summed E-state index contributed by atoms with van der Waals surface area (Å²) in [5.74, 6) is -1.39. The zero-order valence-electron chi connectivity index (χ0n) is 14.8. The molecule has 3 aromatic rings. The van der Waals surface area contributed by atoms with E-state index in [0.717, 1.165) is 23.9 Å². The van der Waals surface area contributed by atoms with Crippen LogP contribution in [0.1, 0.15) is 34.6 Å². The number of aromatic nitrogens is 2. The second kappa shape index (κ2) is 7.07. The van der Waals surface area contributed by atoms with Gasteiger partial charge in [0, 0.05) is 12.6 Å². The molecule has 0 fully saturated rings. The van der Waals surface area contributed by atoms with Crippen molar-refractivity contribution in [3.8, 4) is 5.69 Å². The second-order valence-corrected chi connectivity index (χ2v) is 6.15. The minimum Gasteiger partial charge on any atom is -0.335 e. The normalized spacial score (nSPS) is 12.0. The van der Waals surface area contributed by atoms with Crippen LogP contribution in [-0.4, -0.2) is 27.6 Å². The number of benzene rings is 2. The Hall–Kier alpha value is -3.02. The zero-order valence-corrected chi connectivity index (χ0v) is 14.8. The number of amides is 1. The molecule has 0 saturated carbocycles. The first-order chi connectivity index (χ1) is 12.4. The molecule has 134 valence electrons. The van der Waals surface area contributed by atoms with E-state index in [-0.39, 0.29) is 11.5 Å². The summed E-state index contributed by atoms with van der Waals surface area (Å²) in [4.78, 5) is 14.3. The van der Waals surface area contributed by atoms with Gasteiger partial charge in [0.2, 0.25) is 0 Å². The molecule has 4 nitrogen and oxygen atoms in total. The van der Waals surface area contributed by atoms with Crippen molar-refractivity contribution >= 4 is 5.91 Å². The maximum absolute atomic E-state index is 14.0. The maximum Gasteiger partial charge on any atom is 0.257 e. The van der Waals surface area contributed by atoms with Gasteiger partial charge in [-0.05, 0) is 44.2 Å². The molecule has 1 amide bonds. The van der Waals surface area contributed by atoms with Gasteiger partial charge in [-0.2, -0.15) is 5.10 Å². The van der Waals surface area contributed by atoms with Gasteiger partial charge in [-0.1, -0.05) is 18.2 Å². The van der Waals surface area contributed by atoms with Crippen LogP contribution in [0.4, 0.5) is 8.78 Å². The molecule has 1 aromatic heterocycles. The topological polar surface area (TPSA) is 38.1 Å². The lowest BCUT2D eigenvalue weighted by atomic mass is 10.1. The van der Waals surface area contributed by atoms with E-state index in [9.17, 15) is 13.6 Å². The molecule has 26 heavy (non-hydrogen) atoms. The number of carbonyl (C=O) groups is 1. The van der Waals surface area contributed by atoms with Gasteiger partial charge >= 0.3 is 0 Å². The third-order valence-corrected chi connectivity index (χ3v) is 4.55. The Balaban J connectivity index is 1.90. The summed E-state index contributed by atoms with van der Waals surface area (Å²) in [6.07, 6.45) is 1.50. The summed E-state index contributed by atoms with van der Waals surface area (Å²) in [6.45, 7) is 3.46. The monoisotopic (exact) mass is 355 g/mol. The van der Waals surface area contributed by atoms with E-state index in [4.69, 9.17) is 0 Å². The minimum absolute atomic E-state index is 0.133. The van der Waals surface area contributed by atoms with Crippen LogP contribution in [0.5, 0.6) is 0 Å². The van der Waals surface area contributed by atoms with Crippen LogP contribution in [0, 0.1) is 18.6 Å². The average molecular weight is 355 g/mol. The van der Waals surface area contributed by atoms with Crippen LogP contribution in [-0.2, 0) is 0 Å². The molecular weight excluding hydrogens is 336 g/mol. The molecule has 3 rings (SSSR count). The molecule has 1 atom stereocenters. The molecular formula is C20H19F2N3O. The number of para-hydroxylation sites is 1. The molecule has 0 aliphatic heterocycles. The fourth-order valence-corrected chi connectivity index (χ4v) is 2.86. The molecule has 0 spiro atoms. The Morgan fingerprint density at radius 2 is 1.85 bits per heavy atom. The first-order valence-electron chi connectivity index (χ1n) is 8.22. The highest BCUT2D eigenvalue weighted by atomic mass is 19.1. The van der Waals surface area contributed by atoms with Crippen LogP contribution in [0.3, 0.4) is 0 Å². The van der Waals surface area contributed by atoms with Crippen molar-refractivity contribution in [1.29, 1.82) is 0 Å². The van der Waals surface area contributed by atoms with Crippen molar-refractivity contribution in [3.05, 3.63) is 83.2 Å². The summed E-state index contributed by atoms with van der Waals surface area (Å²) < 4.78 is 29.2. The van der Waals surface area contributed by atoms with Crippen molar-refractivity contribution in [3.63, 3.8) is 0 Å². The number of nitrogens with zero attached hydrogens (tertiary/aromatic N) is 3. The molecule has 1 unspecified atom stereocenters. The van der Waals surface area contributed by atoms with Gasteiger partial charge in [-0.3, -0.25) is 4.79 Å². The van der Waals surface area contributed by atoms with Crippen LogP contribution in [0.25, 0.3) is 5.69 Å². The summed E-state index contributed by atoms with van der Waals surface area (Å²) in [5, 5.41) is 4.29. The van der Waals surface area contributed by atoms with Crippen LogP contribution in [0.2, 0.25) is 0 Å². The van der Waals surface area contributed by atoms with E-state index in [0.29, 0.717) is 11.3 Å². The Bertz CT molecular complexity index is 937. The fourth-order valence-electron chi connectivity index (χ4n) is 2.86. The summed E-state index contributed by atoms with van der Waals surface area (Å²) in [7, 11) is 1.57. The summed E-state index contributed by atoms with van der Waals surface area (Å²) >= 11 is 0. The molecule has 0 aliphatic rings. The van der Waals surface area contributed by atoms with Crippen molar-refractivity contribution in [1.82, 2.24) is 14.7 Å². The summed E-state index contributed by atoms with van der Waals surface area (Å²) in [6, 6.07) is 12.1. The van der Waals surface area contributed by atoms with Gasteiger partial charge in [0.1, 0.15) is 11.6 Å². The largest absolute Gasteiger partial charge is 0.335 e. The van der Waals surface area contributed by atoms with Crippen LogP contribution < -0.4 is 0 Å². The Morgan fingerprint density at radius 3 is 2.54 bits per heavy atom. The van der Waals surface area contributed by atoms with E-state index < -0.39 is 17.7 Å². The minimum atomic E-state index is -0.627. The lowest BCUT2D eigenvalue weighted by Crippen LogP contribution is -2.30. The third kappa shape index (κ3) is 3.22. The number of halogens is 2. The highest BCUT2D eigenvalue weighted by molar-refractivity contribution is 5.95. The lowest BCUT2D eigenvalue weighted by Gasteiger charge is -2.25. The van der Waals surface area contributed by atoms with Crippen molar-refractivity contribution in [2.75, 3.05) is 7.05 Å². The van der Waals surface area contributed by atoms with Gasteiger partial charge in [-0.15, -0.1) is 0 Å². The van der Waals surface area contributed by atoms with E-state index in [1.807, 2.05) is 30.3 Å². The second-order valence-electron chi connectivity index (χ2n) is 6.15. The van der Waals surface area contributed by atoms with E-state index in [2.05, 4.69) is 5.10 Å². The SMILES string of the molecule is Cc1c(C(=O)N(C)C(C)c2cc(F)ccc2F)cnn1-c1ccccc1. The van der Waals surface area contributed by atoms with Crippen molar-refractivity contribution < 1.29 is 13.6 Å². The van der Waals surface area contributed by atoms with Crippen LogP contribution in [0.15, 0.2) is 54.7 Å². The van der Waals surface area contributed by atoms with Crippen molar-refractivity contribution in [2.24, 2.45) is 0 Å². The van der Waals surface area contributed by atoms with Gasteiger partial charge in [0.05, 0.1) is 29.2 Å². The average Bonchev–Trinajstić information content (AvgIpc) is 3.04. The number of hydrogen-bond acceptors (Lipinski definition) is 2. The van der Waals surface area contributed by atoms with E-state index in [1.165, 1.54) is 11.1 Å². The van der Waals surface area contributed by atoms with Gasteiger partial charge in [-0.25, -0.2) is 13.5 Å². The molecule has 0 saturated heterocycles. The maximum atomic E-state index is 14.0. The van der Waals surface area contributed by atoms with E-state index in [1.54, 1.807) is 25.6 Å². The molecule has 0 N–H and O–H groups in total. The van der Waals surface area contributed by atoms with Gasteiger partial charge in [0.15, 0.2) is 0 Å². The summed E-state index contributed by atoms with van der Waals surface area (Å²) in [5.41, 5.74) is 2.07. The predicted molar refractivity (Wildman–Crippen MR) is 95.2 cm³/mol. The number of hydrogen-bond donors (Lipinski definition) is 0.